The first kappa shape index (κ1) is 24.5. The lowest BCUT2D eigenvalue weighted by atomic mass is 10.2. The zero-order valence-corrected chi connectivity index (χ0v) is 20.2. The van der Waals surface area contributed by atoms with E-state index in [1.807, 2.05) is 30.3 Å². The van der Waals surface area contributed by atoms with Gasteiger partial charge in [-0.3, -0.25) is 14.2 Å². The van der Waals surface area contributed by atoms with Crippen molar-refractivity contribution in [1.29, 1.82) is 0 Å². The quantitative estimate of drug-likeness (QED) is 0.380. The molecule has 0 fully saturated rings. The fourth-order valence-electron chi connectivity index (χ4n) is 3.76. The third-order valence-electron chi connectivity index (χ3n) is 5.64. The molecule has 0 saturated heterocycles. The van der Waals surface area contributed by atoms with Crippen molar-refractivity contribution in [3.05, 3.63) is 117 Å². The second-order valence-electron chi connectivity index (χ2n) is 8.13. The van der Waals surface area contributed by atoms with Gasteiger partial charge in [-0.05, 0) is 35.4 Å². The fourth-order valence-corrected chi connectivity index (χ4v) is 3.76. The number of rotatable bonds is 8. The van der Waals surface area contributed by atoms with Gasteiger partial charge in [0.05, 0.1) is 26.5 Å². The number of hydrogen-bond donors (Lipinski definition) is 0. The Labute approximate surface area is 207 Å². The Morgan fingerprint density at radius 2 is 1.50 bits per heavy atom. The van der Waals surface area contributed by atoms with Gasteiger partial charge in [0, 0.05) is 19.7 Å². The number of ether oxygens (including phenoxy) is 2. The van der Waals surface area contributed by atoms with E-state index in [0.29, 0.717) is 22.7 Å². The van der Waals surface area contributed by atoms with Crippen molar-refractivity contribution in [3.8, 4) is 17.2 Å². The highest BCUT2D eigenvalue weighted by molar-refractivity contribution is 5.91. The van der Waals surface area contributed by atoms with Crippen LogP contribution in [0.4, 0.5) is 0 Å². The van der Waals surface area contributed by atoms with Crippen LogP contribution in [0, 0.1) is 0 Å². The van der Waals surface area contributed by atoms with Crippen molar-refractivity contribution in [1.82, 2.24) is 19.2 Å². The van der Waals surface area contributed by atoms with Gasteiger partial charge in [-0.2, -0.15) is 9.78 Å². The summed E-state index contributed by atoms with van der Waals surface area (Å²) in [6.45, 7) is 0.207. The average molecular weight is 487 g/mol. The van der Waals surface area contributed by atoms with Crippen LogP contribution in [0.3, 0.4) is 0 Å². The second kappa shape index (κ2) is 10.7. The van der Waals surface area contributed by atoms with E-state index in [1.54, 1.807) is 55.6 Å². The van der Waals surface area contributed by atoms with E-state index in [2.05, 4.69) is 5.10 Å². The maximum Gasteiger partial charge on any atom is 0.352 e. The highest BCUT2D eigenvalue weighted by atomic mass is 16.5. The van der Waals surface area contributed by atoms with Crippen molar-refractivity contribution < 1.29 is 14.3 Å². The number of aromatic nitrogens is 3. The van der Waals surface area contributed by atoms with E-state index in [1.165, 1.54) is 19.1 Å². The van der Waals surface area contributed by atoms with Gasteiger partial charge in [0.1, 0.15) is 11.5 Å². The summed E-state index contributed by atoms with van der Waals surface area (Å²) in [5, 5.41) is 4.22. The molecule has 0 spiro atoms. The number of hydrogen-bond acceptors (Lipinski definition) is 6. The van der Waals surface area contributed by atoms with Gasteiger partial charge in [-0.15, -0.1) is 0 Å². The topological polar surface area (TPSA) is 95.7 Å². The molecule has 4 aromatic rings. The first-order chi connectivity index (χ1) is 17.4. The summed E-state index contributed by atoms with van der Waals surface area (Å²) in [5.41, 5.74) is 0.0987. The lowest BCUT2D eigenvalue weighted by molar-refractivity contribution is 0.0773. The lowest BCUT2D eigenvalue weighted by Crippen LogP contribution is -2.46. The summed E-state index contributed by atoms with van der Waals surface area (Å²) < 4.78 is 12.6. The fraction of sp³-hybridized carbons (Fsp3) is 0.185. The molecule has 1 aromatic heterocycles. The normalized spacial score (nSPS) is 10.6. The van der Waals surface area contributed by atoms with E-state index >= 15 is 0 Å². The molecule has 36 heavy (non-hydrogen) atoms. The molecule has 184 valence electrons. The largest absolute Gasteiger partial charge is 0.497 e. The van der Waals surface area contributed by atoms with Crippen molar-refractivity contribution in [2.24, 2.45) is 0 Å². The maximum atomic E-state index is 13.5. The number of carbonyl (C=O) groups excluding carboxylic acids is 1. The Kier molecular flexibility index (Phi) is 7.29. The smallest absolute Gasteiger partial charge is 0.352 e. The minimum atomic E-state index is -0.771. The molecule has 0 radical (unpaired) electrons. The first-order valence-corrected chi connectivity index (χ1v) is 11.2. The second-order valence-corrected chi connectivity index (χ2v) is 8.13. The summed E-state index contributed by atoms with van der Waals surface area (Å²) in [6.07, 6.45) is 0. The highest BCUT2D eigenvalue weighted by Crippen LogP contribution is 2.16. The Morgan fingerprint density at radius 1 is 0.861 bits per heavy atom. The van der Waals surface area contributed by atoms with Gasteiger partial charge < -0.3 is 14.4 Å². The Morgan fingerprint density at radius 3 is 2.19 bits per heavy atom. The highest BCUT2D eigenvalue weighted by Gasteiger charge is 2.23. The molecular weight excluding hydrogens is 460 g/mol. The number of amides is 1. The van der Waals surface area contributed by atoms with Gasteiger partial charge in [0.15, 0.2) is 0 Å². The van der Waals surface area contributed by atoms with Crippen LogP contribution in [-0.4, -0.2) is 46.4 Å². The number of nitrogens with zero attached hydrogens (tertiary/aromatic N) is 4. The number of benzene rings is 3. The summed E-state index contributed by atoms with van der Waals surface area (Å²) >= 11 is 0. The molecule has 9 heteroatoms. The standard InChI is InChI=1S/C27H26N4O5/c1-29(17-19-9-5-4-6-10-19)25(32)24-26(33)30(18-20-11-7-13-22(15-20)35-2)27(34)31(28-24)21-12-8-14-23(16-21)36-3/h4-16H,17-18H2,1-3H3. The molecule has 0 unspecified atom stereocenters. The first-order valence-electron chi connectivity index (χ1n) is 11.2. The zero-order chi connectivity index (χ0) is 25.7. The van der Waals surface area contributed by atoms with Crippen molar-refractivity contribution in [2.45, 2.75) is 13.1 Å². The van der Waals surface area contributed by atoms with Crippen molar-refractivity contribution in [3.63, 3.8) is 0 Å². The molecule has 0 saturated carbocycles. The van der Waals surface area contributed by atoms with Crippen LogP contribution in [-0.2, 0) is 13.1 Å². The van der Waals surface area contributed by atoms with Crippen molar-refractivity contribution >= 4 is 5.91 Å². The Balaban J connectivity index is 1.83. The monoisotopic (exact) mass is 486 g/mol. The average Bonchev–Trinajstić information content (AvgIpc) is 2.91. The van der Waals surface area contributed by atoms with Gasteiger partial charge >= 0.3 is 5.69 Å². The van der Waals surface area contributed by atoms with E-state index < -0.39 is 17.2 Å². The van der Waals surface area contributed by atoms with E-state index in [-0.39, 0.29) is 18.8 Å². The molecule has 9 nitrogen and oxygen atoms in total. The van der Waals surface area contributed by atoms with Crippen LogP contribution in [0.25, 0.3) is 5.69 Å². The molecule has 0 aliphatic heterocycles. The summed E-state index contributed by atoms with van der Waals surface area (Å²) in [6, 6.07) is 23.1. The molecule has 3 aromatic carbocycles. The SMILES string of the molecule is COc1cccc(Cn2c(=O)c(C(=O)N(C)Cc3ccccc3)nn(-c3cccc(OC)c3)c2=O)c1. The van der Waals surface area contributed by atoms with Crippen LogP contribution < -0.4 is 20.7 Å². The van der Waals surface area contributed by atoms with Crippen LogP contribution in [0.5, 0.6) is 11.5 Å². The van der Waals surface area contributed by atoms with Crippen LogP contribution in [0.15, 0.2) is 88.5 Å². The van der Waals surface area contributed by atoms with Crippen LogP contribution in [0.2, 0.25) is 0 Å². The molecular formula is C27H26N4O5. The zero-order valence-electron chi connectivity index (χ0n) is 20.2. The third-order valence-corrected chi connectivity index (χ3v) is 5.64. The molecule has 0 bridgehead atoms. The van der Waals surface area contributed by atoms with E-state index in [4.69, 9.17) is 9.47 Å². The summed E-state index contributed by atoms with van der Waals surface area (Å²) in [7, 11) is 4.63. The van der Waals surface area contributed by atoms with Gasteiger partial charge in [0.2, 0.25) is 5.69 Å². The minimum absolute atomic E-state index is 0.0654. The molecule has 0 atom stereocenters. The number of carbonyl (C=O) groups is 1. The molecule has 0 N–H and O–H groups in total. The maximum absolute atomic E-state index is 13.5. The predicted molar refractivity (Wildman–Crippen MR) is 135 cm³/mol. The van der Waals surface area contributed by atoms with Crippen LogP contribution in [0.1, 0.15) is 21.6 Å². The van der Waals surface area contributed by atoms with E-state index in [0.717, 1.165) is 14.8 Å². The number of methoxy groups -OCH3 is 2. The molecule has 0 aliphatic rings. The molecule has 0 aliphatic carbocycles. The van der Waals surface area contributed by atoms with E-state index in [9.17, 15) is 14.4 Å². The third kappa shape index (κ3) is 5.20. The molecule has 1 amide bonds. The summed E-state index contributed by atoms with van der Waals surface area (Å²) in [5.74, 6) is 0.488. The van der Waals surface area contributed by atoms with Gasteiger partial charge in [-0.1, -0.05) is 48.5 Å². The Hall–Kier alpha value is -4.66. The van der Waals surface area contributed by atoms with Crippen LogP contribution >= 0.6 is 0 Å². The van der Waals surface area contributed by atoms with Gasteiger partial charge in [-0.25, -0.2) is 4.79 Å². The predicted octanol–water partition coefficient (Wildman–Crippen LogP) is 2.73. The summed E-state index contributed by atoms with van der Waals surface area (Å²) in [4.78, 5) is 41.7. The van der Waals surface area contributed by atoms with Crippen molar-refractivity contribution in [2.75, 3.05) is 21.3 Å². The lowest BCUT2D eigenvalue weighted by Gasteiger charge is -2.18. The van der Waals surface area contributed by atoms with Gasteiger partial charge in [0.25, 0.3) is 11.5 Å². The Bertz CT molecular complexity index is 1490. The molecule has 4 rings (SSSR count). The minimum Gasteiger partial charge on any atom is -0.497 e. The molecule has 1 heterocycles.